The number of ether oxygens (including phenoxy) is 1. The molecular formula is C28H35N5O3. The van der Waals surface area contributed by atoms with Gasteiger partial charge in [-0.05, 0) is 60.4 Å². The number of carbonyl (C=O) groups is 1. The van der Waals surface area contributed by atoms with Crippen molar-refractivity contribution in [2.75, 3.05) is 25.5 Å². The van der Waals surface area contributed by atoms with Crippen molar-refractivity contribution in [3.63, 3.8) is 0 Å². The topological polar surface area (TPSA) is 103 Å². The Morgan fingerprint density at radius 2 is 2.11 bits per heavy atom. The van der Waals surface area contributed by atoms with Gasteiger partial charge in [0, 0.05) is 37.3 Å². The number of aliphatic hydroxyl groups excluding tert-OH is 1. The number of pyridine rings is 1. The molecule has 0 bridgehead atoms. The number of piperidine rings is 1. The number of rotatable bonds is 6. The predicted octanol–water partition coefficient (Wildman–Crippen LogP) is 4.41. The predicted molar refractivity (Wildman–Crippen MR) is 140 cm³/mol. The number of likely N-dealkylation sites (tertiary alicyclic amines) is 1. The molecule has 0 spiro atoms. The number of fused-ring (bicyclic) bond motifs is 1. The molecule has 8 heteroatoms. The highest BCUT2D eigenvalue weighted by Crippen LogP contribution is 2.40. The van der Waals surface area contributed by atoms with Crippen molar-refractivity contribution in [1.82, 2.24) is 14.5 Å². The Kier molecular flexibility index (Phi) is 7.34. The molecule has 1 aliphatic rings. The monoisotopic (exact) mass is 489 g/mol. The van der Waals surface area contributed by atoms with Crippen LogP contribution in [0.5, 0.6) is 5.75 Å². The maximum Gasteiger partial charge on any atom is 0.255 e. The van der Waals surface area contributed by atoms with Crippen LogP contribution in [0.15, 0.2) is 30.6 Å². The zero-order valence-electron chi connectivity index (χ0n) is 21.9. The van der Waals surface area contributed by atoms with Gasteiger partial charge in [-0.2, -0.15) is 5.26 Å². The minimum Gasteiger partial charge on any atom is -0.495 e. The molecule has 1 aromatic carbocycles. The molecule has 190 valence electrons. The summed E-state index contributed by atoms with van der Waals surface area (Å²) >= 11 is 0. The van der Waals surface area contributed by atoms with E-state index >= 15 is 0 Å². The molecule has 36 heavy (non-hydrogen) atoms. The number of methoxy groups -OCH3 is 1. The third kappa shape index (κ3) is 4.69. The van der Waals surface area contributed by atoms with Gasteiger partial charge >= 0.3 is 0 Å². The number of hydrogen-bond donors (Lipinski definition) is 2. The van der Waals surface area contributed by atoms with Crippen molar-refractivity contribution in [3.8, 4) is 11.8 Å². The summed E-state index contributed by atoms with van der Waals surface area (Å²) in [5, 5.41) is 24.0. The molecule has 3 heterocycles. The summed E-state index contributed by atoms with van der Waals surface area (Å²) in [5.74, 6) is 1.01. The first kappa shape index (κ1) is 25.7. The highest BCUT2D eigenvalue weighted by Gasteiger charge is 2.33. The molecule has 0 saturated carbocycles. The molecule has 3 atom stereocenters. The third-order valence-electron chi connectivity index (χ3n) is 7.41. The van der Waals surface area contributed by atoms with Crippen LogP contribution in [0.4, 0.5) is 5.69 Å². The van der Waals surface area contributed by atoms with Gasteiger partial charge in [0.15, 0.2) is 0 Å². The van der Waals surface area contributed by atoms with Crippen LogP contribution < -0.4 is 10.1 Å². The van der Waals surface area contributed by atoms with Gasteiger partial charge in [-0.1, -0.05) is 20.8 Å². The van der Waals surface area contributed by atoms with E-state index in [0.717, 1.165) is 36.1 Å². The Morgan fingerprint density at radius 1 is 1.36 bits per heavy atom. The van der Waals surface area contributed by atoms with E-state index in [2.05, 4.69) is 34.4 Å². The second kappa shape index (κ2) is 10.3. The van der Waals surface area contributed by atoms with Crippen molar-refractivity contribution in [3.05, 3.63) is 52.8 Å². The van der Waals surface area contributed by atoms with Crippen LogP contribution in [0.25, 0.3) is 11.0 Å². The summed E-state index contributed by atoms with van der Waals surface area (Å²) in [5.41, 5.74) is 4.42. The average Bonchev–Trinajstić information content (AvgIpc) is 3.20. The Balaban J connectivity index is 1.64. The quantitative estimate of drug-likeness (QED) is 0.532. The molecule has 0 aliphatic carbocycles. The number of benzene rings is 1. The lowest BCUT2D eigenvalue weighted by Crippen LogP contribution is -2.46. The molecule has 1 amide bonds. The van der Waals surface area contributed by atoms with Gasteiger partial charge in [-0.15, -0.1) is 0 Å². The summed E-state index contributed by atoms with van der Waals surface area (Å²) < 4.78 is 7.24. The minimum absolute atomic E-state index is 0.193. The van der Waals surface area contributed by atoms with Crippen molar-refractivity contribution >= 4 is 22.6 Å². The number of aryl methyl sites for hydroxylation is 2. The van der Waals surface area contributed by atoms with Gasteiger partial charge in [0.25, 0.3) is 5.91 Å². The molecule has 1 saturated heterocycles. The number of aliphatic hydroxyl groups is 1. The Bertz CT molecular complexity index is 1320. The van der Waals surface area contributed by atoms with E-state index in [-0.39, 0.29) is 11.8 Å². The lowest BCUT2D eigenvalue weighted by molar-refractivity contribution is -0.0525. The average molecular weight is 490 g/mol. The zero-order chi connectivity index (χ0) is 26.1. The van der Waals surface area contributed by atoms with Crippen LogP contribution >= 0.6 is 0 Å². The molecule has 2 aromatic heterocycles. The van der Waals surface area contributed by atoms with E-state index in [0.29, 0.717) is 34.4 Å². The van der Waals surface area contributed by atoms with Crippen LogP contribution in [0.2, 0.25) is 0 Å². The van der Waals surface area contributed by atoms with E-state index in [1.54, 1.807) is 18.3 Å². The van der Waals surface area contributed by atoms with Crippen LogP contribution in [0.3, 0.4) is 0 Å². The molecule has 1 unspecified atom stereocenters. The summed E-state index contributed by atoms with van der Waals surface area (Å²) in [6, 6.07) is 6.87. The lowest BCUT2D eigenvalue weighted by Gasteiger charge is -2.40. The molecular weight excluding hydrogens is 454 g/mol. The number of amides is 1. The van der Waals surface area contributed by atoms with Crippen molar-refractivity contribution in [1.29, 1.82) is 5.26 Å². The number of anilines is 1. The SMILES string of the molecule is COc1ccc(C(=O)Nc2cnc3c(c([C@@H]4CCN(C(O)C(C)C)C[C@@H]4C)cn3C)c2C)cc1C#N. The molecule has 2 N–H and O–H groups in total. The number of aromatic nitrogens is 2. The number of nitriles is 1. The highest BCUT2D eigenvalue weighted by atomic mass is 16.5. The van der Waals surface area contributed by atoms with Crippen LogP contribution in [0, 0.1) is 30.1 Å². The third-order valence-corrected chi connectivity index (χ3v) is 7.41. The van der Waals surface area contributed by atoms with E-state index in [1.165, 1.54) is 18.7 Å². The van der Waals surface area contributed by atoms with E-state index in [1.807, 2.05) is 32.4 Å². The molecule has 1 fully saturated rings. The molecule has 0 radical (unpaired) electrons. The Labute approximate surface area is 212 Å². The standard InChI is InChI=1S/C28H35N5O3/c1-16(2)28(35)33-10-9-21(17(3)14-33)22-15-32(5)26-25(22)18(4)23(13-30-26)31-27(34)19-7-8-24(36-6)20(11-19)12-29/h7-8,11,13,15-17,21,28,35H,9-10,14H2,1-6H3,(H,31,34)/t17-,21+,28?/m0/s1. The van der Waals surface area contributed by atoms with E-state index in [9.17, 15) is 15.2 Å². The lowest BCUT2D eigenvalue weighted by atomic mass is 9.80. The second-order valence-corrected chi connectivity index (χ2v) is 10.2. The van der Waals surface area contributed by atoms with Gasteiger partial charge in [0.1, 0.15) is 23.7 Å². The first-order valence-corrected chi connectivity index (χ1v) is 12.4. The van der Waals surface area contributed by atoms with E-state index in [4.69, 9.17) is 4.74 Å². The zero-order valence-corrected chi connectivity index (χ0v) is 21.9. The van der Waals surface area contributed by atoms with Crippen LogP contribution in [0.1, 0.15) is 60.2 Å². The van der Waals surface area contributed by atoms with Gasteiger partial charge in [0.2, 0.25) is 0 Å². The summed E-state index contributed by atoms with van der Waals surface area (Å²) in [6.45, 7) is 10.0. The van der Waals surface area contributed by atoms with Gasteiger partial charge < -0.3 is 19.7 Å². The maximum atomic E-state index is 13.0. The first-order chi connectivity index (χ1) is 17.2. The number of carbonyl (C=O) groups excluding carboxylic acids is 1. The van der Waals surface area contributed by atoms with Crippen LogP contribution in [-0.2, 0) is 7.05 Å². The van der Waals surface area contributed by atoms with Crippen molar-refractivity contribution < 1.29 is 14.6 Å². The molecule has 8 nitrogen and oxygen atoms in total. The van der Waals surface area contributed by atoms with Gasteiger partial charge in [-0.3, -0.25) is 9.69 Å². The molecule has 3 aromatic rings. The molecule has 1 aliphatic heterocycles. The second-order valence-electron chi connectivity index (χ2n) is 10.2. The molecule has 4 rings (SSSR count). The van der Waals surface area contributed by atoms with Gasteiger partial charge in [0.05, 0.1) is 24.6 Å². The minimum atomic E-state index is -0.425. The van der Waals surface area contributed by atoms with Crippen LogP contribution in [-0.4, -0.2) is 51.9 Å². The number of nitrogens with one attached hydrogen (secondary N) is 1. The van der Waals surface area contributed by atoms with Crippen molar-refractivity contribution in [2.45, 2.75) is 46.3 Å². The fourth-order valence-corrected chi connectivity index (χ4v) is 5.38. The summed E-state index contributed by atoms with van der Waals surface area (Å²) in [6.07, 6.45) is 4.38. The number of hydrogen-bond acceptors (Lipinski definition) is 6. The summed E-state index contributed by atoms with van der Waals surface area (Å²) in [7, 11) is 3.49. The largest absolute Gasteiger partial charge is 0.495 e. The Morgan fingerprint density at radius 3 is 2.75 bits per heavy atom. The van der Waals surface area contributed by atoms with Crippen molar-refractivity contribution in [2.24, 2.45) is 18.9 Å². The first-order valence-electron chi connectivity index (χ1n) is 12.4. The van der Waals surface area contributed by atoms with E-state index < -0.39 is 6.23 Å². The summed E-state index contributed by atoms with van der Waals surface area (Å²) in [4.78, 5) is 19.9. The normalized spacial score (nSPS) is 19.3. The fraction of sp³-hybridized carbons (Fsp3) is 0.464. The fourth-order valence-electron chi connectivity index (χ4n) is 5.38. The number of nitrogens with zero attached hydrogens (tertiary/aromatic N) is 4. The highest BCUT2D eigenvalue weighted by molar-refractivity contribution is 6.06. The smallest absolute Gasteiger partial charge is 0.255 e. The van der Waals surface area contributed by atoms with Gasteiger partial charge in [-0.25, -0.2) is 4.98 Å². The Hall–Kier alpha value is -3.41. The maximum absolute atomic E-state index is 13.0.